The number of amides is 1. The minimum Gasteiger partial charge on any atom is -0.502 e. The van der Waals surface area contributed by atoms with Gasteiger partial charge in [-0.2, -0.15) is 0 Å². The van der Waals surface area contributed by atoms with E-state index in [2.05, 4.69) is 43.4 Å². The largest absolute Gasteiger partial charge is 0.502 e. The fraction of sp³-hybridized carbons (Fsp3) is 0.254. The molecule has 9 rings (SSSR count). The smallest absolute Gasteiger partial charge is 0.300 e. The average Bonchev–Trinajstić information content (AvgIpc) is 4.19. The zero-order valence-corrected chi connectivity index (χ0v) is 47.0. The summed E-state index contributed by atoms with van der Waals surface area (Å²) in [5.41, 5.74) is 7.94. The van der Waals surface area contributed by atoms with Crippen LogP contribution in [0.5, 0.6) is 52.1 Å². The van der Waals surface area contributed by atoms with Gasteiger partial charge in [-0.15, -0.1) is 12.4 Å². The third-order valence-electron chi connectivity index (χ3n) is 10.9. The van der Waals surface area contributed by atoms with Crippen LogP contribution in [0.4, 0.5) is 0 Å². The van der Waals surface area contributed by atoms with Gasteiger partial charge in [0.05, 0.1) is 54.8 Å². The molecule has 1 amide bonds. The molecule has 0 atom stereocenters. The van der Waals surface area contributed by atoms with E-state index in [0.717, 1.165) is 89.2 Å². The number of aromatic hydroxyl groups is 1. The van der Waals surface area contributed by atoms with Crippen LogP contribution >= 0.6 is 12.4 Å². The van der Waals surface area contributed by atoms with E-state index < -0.39 is 33.4 Å². The molecule has 29 heteroatoms. The van der Waals surface area contributed by atoms with Crippen LogP contribution in [-0.2, 0) is 35.6 Å². The predicted octanol–water partition coefficient (Wildman–Crippen LogP) is 6.46. The van der Waals surface area contributed by atoms with Crippen molar-refractivity contribution in [2.75, 3.05) is 55.7 Å². The Kier molecular flexibility index (Phi) is 35.8. The molecule has 0 saturated carbocycles. The predicted molar refractivity (Wildman–Crippen MR) is 324 cm³/mol. The number of halogens is 1. The number of hydrogen-bond acceptors (Lipinski definition) is 25. The Morgan fingerprint density at radius 2 is 0.932 bits per heavy atom. The van der Waals surface area contributed by atoms with Gasteiger partial charge in [0.1, 0.15) is 67.5 Å². The van der Waals surface area contributed by atoms with Gasteiger partial charge in [0.2, 0.25) is 50.1 Å². The van der Waals surface area contributed by atoms with Crippen molar-refractivity contribution in [1.82, 2.24) is 15.3 Å². The molecule has 9 aromatic rings. The van der Waals surface area contributed by atoms with Gasteiger partial charge in [-0.25, -0.2) is 0 Å². The van der Waals surface area contributed by atoms with Crippen LogP contribution < -0.4 is 76.1 Å². The van der Waals surface area contributed by atoms with Gasteiger partial charge < -0.3 is 96.3 Å². The summed E-state index contributed by atoms with van der Waals surface area (Å²) in [5.74, 6) is 1.10. The molecule has 478 valence electrons. The van der Waals surface area contributed by atoms with Crippen molar-refractivity contribution in [2.24, 2.45) is 5.73 Å². The molecule has 0 spiro atoms. The van der Waals surface area contributed by atoms with Crippen LogP contribution in [0.15, 0.2) is 156 Å². The quantitative estimate of drug-likeness (QED) is 0.0453. The number of benzene rings is 2. The van der Waals surface area contributed by atoms with Gasteiger partial charge in [0.15, 0.2) is 11.5 Å². The van der Waals surface area contributed by atoms with Crippen molar-refractivity contribution in [3.05, 3.63) is 190 Å². The van der Waals surface area contributed by atoms with E-state index in [9.17, 15) is 38.4 Å². The third kappa shape index (κ3) is 23.5. The number of ether oxygens (including phenoxy) is 8. The first-order chi connectivity index (χ1) is 40.5. The van der Waals surface area contributed by atoms with E-state index in [0.29, 0.717) is 19.5 Å². The first-order valence-electron chi connectivity index (χ1n) is 24.2. The number of nitrogens with two attached hydrogens (primary N) is 1. The summed E-state index contributed by atoms with van der Waals surface area (Å²) in [6, 6.07) is 17.2. The lowest BCUT2D eigenvalue weighted by Gasteiger charge is -2.05. The van der Waals surface area contributed by atoms with Gasteiger partial charge in [-0.3, -0.25) is 38.4 Å². The van der Waals surface area contributed by atoms with Crippen molar-refractivity contribution in [1.29, 1.82) is 0 Å². The second-order valence-electron chi connectivity index (χ2n) is 16.1. The highest BCUT2D eigenvalue weighted by Crippen LogP contribution is 2.25. The zero-order chi connectivity index (χ0) is 61.6. The molecule has 0 saturated heterocycles. The van der Waals surface area contributed by atoms with Crippen molar-refractivity contribution >= 4 is 53.1 Å². The number of carbonyl (C=O) groups is 3. The zero-order valence-electron chi connectivity index (χ0n) is 46.2. The van der Waals surface area contributed by atoms with E-state index in [1.165, 1.54) is 51.7 Å². The summed E-state index contributed by atoms with van der Waals surface area (Å²) in [5, 5.41) is 30.6. The number of aromatic nitrogens is 2. The molecule has 8 N–H and O–H groups in total. The van der Waals surface area contributed by atoms with Gasteiger partial charge >= 0.3 is 12.9 Å². The summed E-state index contributed by atoms with van der Waals surface area (Å²) >= 11 is 0. The Bertz CT molecular complexity index is 3790. The van der Waals surface area contributed by atoms with Crippen molar-refractivity contribution in [3.8, 4) is 52.1 Å². The first-order valence-corrected chi connectivity index (χ1v) is 24.2. The molecular weight excluding hydrogens is 1180 g/mol. The van der Waals surface area contributed by atoms with Crippen LogP contribution in [0.25, 0.3) is 21.8 Å². The molecule has 0 unspecified atom stereocenters. The van der Waals surface area contributed by atoms with Crippen molar-refractivity contribution in [2.45, 2.75) is 48.3 Å². The number of hydrogen-bond donors (Lipinski definition) is 7. The van der Waals surface area contributed by atoms with E-state index in [-0.39, 0.29) is 118 Å². The first kappa shape index (κ1) is 77.5. The minimum atomic E-state index is -0.546. The number of carbonyl (C=O) groups excluding carboxylic acids is 3. The molecule has 2 aromatic carbocycles. The number of aliphatic hydroxyl groups is 2. The maximum Gasteiger partial charge on any atom is 0.300 e. The monoisotopic (exact) mass is 1250 g/mol. The van der Waals surface area contributed by atoms with Crippen LogP contribution in [0.2, 0.25) is 0 Å². The Hall–Kier alpha value is -10.6. The fourth-order valence-electron chi connectivity index (χ4n) is 6.68. The Labute approximate surface area is 508 Å². The second-order valence-corrected chi connectivity index (χ2v) is 16.1. The molecule has 7 heterocycles. The highest BCUT2D eigenvalue weighted by atomic mass is 35.5. The van der Waals surface area contributed by atoms with Crippen molar-refractivity contribution < 1.29 is 89.7 Å². The molecule has 0 aliphatic carbocycles. The maximum absolute atomic E-state index is 12.1. The number of aliphatic hydroxyl groups excluding tert-OH is 2. The molecule has 28 nitrogen and oxygen atoms in total. The SMILES string of the molecule is C.C.C.COc1ccc2[nH]cc(CCN)c2c1.COc1ccc2[nH]cc(CCNC(=O)c3cc(=O)c(OC)co3)c2c1.COc1coc(CO)cc1=O.COc1coc(OC=O)cc1=O.COc1coc(OC=O)cc1=O.Cl.O=c1cc(CO)occ1O. The lowest BCUT2D eigenvalue weighted by molar-refractivity contribution is -0.122. The van der Waals surface area contributed by atoms with E-state index >= 15 is 0 Å². The summed E-state index contributed by atoms with van der Waals surface area (Å²) < 4.78 is 61.6. The molecule has 0 fully saturated rings. The molecule has 0 bridgehead atoms. The summed E-state index contributed by atoms with van der Waals surface area (Å²) in [4.78, 5) is 93.2. The molecule has 0 aliphatic rings. The number of H-pyrrole nitrogens is 2. The van der Waals surface area contributed by atoms with E-state index in [1.54, 1.807) is 14.2 Å². The second kappa shape index (κ2) is 40.7. The lowest BCUT2D eigenvalue weighted by atomic mass is 10.1. The van der Waals surface area contributed by atoms with E-state index in [4.69, 9.17) is 52.9 Å². The Balaban J connectivity index is 0.00000106. The number of fused-ring (bicyclic) bond motifs is 2. The van der Waals surface area contributed by atoms with Crippen LogP contribution in [-0.4, -0.2) is 99.9 Å². The summed E-state index contributed by atoms with van der Waals surface area (Å²) in [6.07, 6.45) is 10.8. The van der Waals surface area contributed by atoms with Gasteiger partial charge in [-0.05, 0) is 66.9 Å². The van der Waals surface area contributed by atoms with E-state index in [1.807, 2.05) is 48.8 Å². The molecule has 0 radical (unpaired) electrons. The Morgan fingerprint density at radius 3 is 1.31 bits per heavy atom. The summed E-state index contributed by atoms with van der Waals surface area (Å²) in [7, 11) is 8.72. The third-order valence-corrected chi connectivity index (χ3v) is 10.9. The van der Waals surface area contributed by atoms with Crippen LogP contribution in [0, 0.1) is 0 Å². The summed E-state index contributed by atoms with van der Waals surface area (Å²) in [6.45, 7) is 0.799. The number of aromatic amines is 2. The average molecular weight is 1260 g/mol. The molecule has 7 aromatic heterocycles. The topological polar surface area (TPSA) is 406 Å². The standard InChI is InChI=1S/C18H18N2O5.C11H14N2O.2C7H6O5.C7H8O4.C6H6O4.3CH4.ClH/c1-23-12-3-4-14-13(7-12)11(9-20-14)5-6-19-18(22)16-8-15(21)17(24-2)10-25-16;1-14-9-2-3-11-10(6-9)8(4-5-12)7-13-11;2*1-10-6-3-11-7(12-4-8)2-5(6)9;1-10-7-4-11-5(3-8)2-6(7)9;7-2-4-1-5(8)6(9)3-10-4;;;;/h3-4,7-10,20H,5-6H2,1-2H3,(H,19,22);2-3,6-7,13H,4-5,12H2,1H3;2*2-4H,1H3;2,4,8H,3H2,1H3;1,3,7,9H,2H2;3*1H4;1H. The van der Waals surface area contributed by atoms with Gasteiger partial charge in [0.25, 0.3) is 17.8 Å². The lowest BCUT2D eigenvalue weighted by Crippen LogP contribution is -2.26. The normalized spacial score (nSPS) is 9.51. The highest BCUT2D eigenvalue weighted by molar-refractivity contribution is 5.91. The highest BCUT2D eigenvalue weighted by Gasteiger charge is 2.13. The Morgan fingerprint density at radius 1 is 0.534 bits per heavy atom. The number of nitrogens with one attached hydrogen (secondary N) is 3. The minimum absolute atomic E-state index is 0. The van der Waals surface area contributed by atoms with Crippen molar-refractivity contribution in [3.63, 3.8) is 0 Å². The van der Waals surface area contributed by atoms with Crippen LogP contribution in [0.3, 0.4) is 0 Å². The molecular formula is C59H71ClN4O24. The van der Waals surface area contributed by atoms with Crippen LogP contribution in [0.1, 0.15) is 55.5 Å². The maximum atomic E-state index is 12.1. The molecule has 88 heavy (non-hydrogen) atoms. The van der Waals surface area contributed by atoms with Gasteiger partial charge in [-0.1, -0.05) is 22.3 Å². The van der Waals surface area contributed by atoms with Gasteiger partial charge in [0, 0.05) is 58.9 Å². The number of methoxy groups -OCH3 is 6. The fourth-order valence-corrected chi connectivity index (χ4v) is 6.68. The molecule has 0 aliphatic heterocycles. The number of rotatable bonds is 18.